The highest BCUT2D eigenvalue weighted by Gasteiger charge is 2.28. The molecule has 0 bridgehead atoms. The van der Waals surface area contributed by atoms with Crippen LogP contribution in [-0.2, 0) is 13.0 Å². The van der Waals surface area contributed by atoms with Crippen LogP contribution in [0.4, 0.5) is 0 Å². The molecule has 0 saturated carbocycles. The minimum atomic E-state index is -0.0618. The Morgan fingerprint density at radius 3 is 2.39 bits per heavy atom. The normalized spacial score (nSPS) is 13.8. The van der Waals surface area contributed by atoms with E-state index >= 15 is 0 Å². The lowest BCUT2D eigenvalue weighted by atomic mass is 9.94. The molecule has 0 saturated heterocycles. The Kier molecular flexibility index (Phi) is 3.65. The number of pyridine rings is 1. The lowest BCUT2D eigenvalue weighted by Gasteiger charge is -2.26. The Morgan fingerprint density at radius 2 is 1.68 bits per heavy atom. The Morgan fingerprint density at radius 1 is 0.929 bits per heavy atom. The number of methoxy groups -OCH3 is 3. The van der Waals surface area contributed by atoms with Gasteiger partial charge in [0.2, 0.25) is 12.5 Å². The quantitative estimate of drug-likeness (QED) is 0.695. The zero-order chi connectivity index (χ0) is 19.4. The molecule has 0 N–H and O–H groups in total. The minimum absolute atomic E-state index is 0.0618. The van der Waals surface area contributed by atoms with Gasteiger partial charge in [-0.1, -0.05) is 0 Å². The zero-order valence-corrected chi connectivity index (χ0v) is 15.8. The van der Waals surface area contributed by atoms with Crippen molar-refractivity contribution in [2.24, 2.45) is 0 Å². The van der Waals surface area contributed by atoms with Crippen LogP contribution in [0.15, 0.2) is 29.1 Å². The Balaban J connectivity index is 1.85. The third-order valence-corrected chi connectivity index (χ3v) is 5.38. The Bertz CT molecular complexity index is 1180. The predicted octanol–water partition coefficient (Wildman–Crippen LogP) is 2.98. The molecule has 5 rings (SSSR count). The Hall–Kier alpha value is -3.35. The molecule has 0 atom stereocenters. The maximum atomic E-state index is 13.2. The van der Waals surface area contributed by atoms with Gasteiger partial charge in [0.25, 0.3) is 5.56 Å². The molecule has 0 amide bonds. The lowest BCUT2D eigenvalue weighted by molar-refractivity contribution is 0.174. The molecule has 2 aromatic carbocycles. The topological polar surface area (TPSA) is 68.2 Å². The zero-order valence-electron chi connectivity index (χ0n) is 15.8. The van der Waals surface area contributed by atoms with Gasteiger partial charge >= 0.3 is 0 Å². The number of benzene rings is 2. The van der Waals surface area contributed by atoms with E-state index in [1.54, 1.807) is 32.0 Å². The molecule has 0 spiro atoms. The van der Waals surface area contributed by atoms with Crippen molar-refractivity contribution in [3.63, 3.8) is 0 Å². The van der Waals surface area contributed by atoms with E-state index in [4.69, 9.17) is 23.7 Å². The highest BCUT2D eigenvalue weighted by molar-refractivity contribution is 5.91. The minimum Gasteiger partial charge on any atom is -0.493 e. The van der Waals surface area contributed by atoms with E-state index in [9.17, 15) is 4.79 Å². The monoisotopic (exact) mass is 381 g/mol. The van der Waals surface area contributed by atoms with Crippen molar-refractivity contribution < 1.29 is 23.7 Å². The van der Waals surface area contributed by atoms with Crippen molar-refractivity contribution in [2.75, 3.05) is 28.1 Å². The predicted molar refractivity (Wildman–Crippen MR) is 103 cm³/mol. The number of nitrogens with zero attached hydrogens (tertiary/aromatic N) is 1. The van der Waals surface area contributed by atoms with Crippen molar-refractivity contribution in [1.29, 1.82) is 0 Å². The second-order valence-electron chi connectivity index (χ2n) is 6.71. The van der Waals surface area contributed by atoms with Crippen LogP contribution in [-0.4, -0.2) is 32.7 Å². The summed E-state index contributed by atoms with van der Waals surface area (Å²) in [6.45, 7) is 0.741. The molecule has 7 heteroatoms. The van der Waals surface area contributed by atoms with Crippen LogP contribution in [0.2, 0.25) is 0 Å². The van der Waals surface area contributed by atoms with Crippen LogP contribution in [0.5, 0.6) is 28.7 Å². The maximum Gasteiger partial charge on any atom is 0.259 e. The standard InChI is InChI=1S/C21H19NO6/c1-24-17-7-11-4-5-22-14(18(11)20(26-3)19(17)25-2)6-12-8-15-16(28-10-27-15)9-13(12)21(22)23/h6-9H,4-5,10H2,1-3H3. The van der Waals surface area contributed by atoms with Crippen molar-refractivity contribution >= 4 is 10.8 Å². The summed E-state index contributed by atoms with van der Waals surface area (Å²) in [5, 5.41) is 1.40. The number of fused-ring (bicyclic) bond motifs is 5. The summed E-state index contributed by atoms with van der Waals surface area (Å²) >= 11 is 0. The molecule has 0 radical (unpaired) electrons. The molecule has 2 aliphatic rings. The summed E-state index contributed by atoms with van der Waals surface area (Å²) in [5.41, 5.74) is 2.63. The van der Waals surface area contributed by atoms with Gasteiger partial charge < -0.3 is 28.3 Å². The fourth-order valence-electron chi connectivity index (χ4n) is 4.09. The third kappa shape index (κ3) is 2.19. The average molecular weight is 381 g/mol. The van der Waals surface area contributed by atoms with Gasteiger partial charge in [-0.15, -0.1) is 0 Å². The van der Waals surface area contributed by atoms with Crippen LogP contribution in [0.3, 0.4) is 0 Å². The van der Waals surface area contributed by atoms with Crippen molar-refractivity contribution in [3.05, 3.63) is 40.2 Å². The Labute approximate surface area is 161 Å². The molecule has 0 aliphatic carbocycles. The van der Waals surface area contributed by atoms with Gasteiger partial charge in [-0.05, 0) is 41.6 Å². The van der Waals surface area contributed by atoms with Gasteiger partial charge in [-0.2, -0.15) is 0 Å². The first-order valence-corrected chi connectivity index (χ1v) is 8.95. The number of ether oxygens (including phenoxy) is 5. The van der Waals surface area contributed by atoms with E-state index in [0.29, 0.717) is 47.1 Å². The summed E-state index contributed by atoms with van der Waals surface area (Å²) in [6.07, 6.45) is 0.689. The van der Waals surface area contributed by atoms with E-state index in [1.165, 1.54) is 0 Å². The summed E-state index contributed by atoms with van der Waals surface area (Å²) in [7, 11) is 4.76. The summed E-state index contributed by atoms with van der Waals surface area (Å²) in [5.74, 6) is 2.93. The summed E-state index contributed by atoms with van der Waals surface area (Å²) in [6, 6.07) is 7.55. The van der Waals surface area contributed by atoms with E-state index in [0.717, 1.165) is 22.2 Å². The largest absolute Gasteiger partial charge is 0.493 e. The number of rotatable bonds is 3. The van der Waals surface area contributed by atoms with E-state index < -0.39 is 0 Å². The average Bonchev–Trinajstić information content (AvgIpc) is 3.18. The fraction of sp³-hybridized carbons (Fsp3) is 0.286. The molecule has 7 nitrogen and oxygen atoms in total. The third-order valence-electron chi connectivity index (χ3n) is 5.38. The first kappa shape index (κ1) is 16.8. The maximum absolute atomic E-state index is 13.2. The highest BCUT2D eigenvalue weighted by Crippen LogP contribution is 2.48. The van der Waals surface area contributed by atoms with Gasteiger partial charge in [0.1, 0.15) is 0 Å². The molecule has 1 aromatic heterocycles. The molecular formula is C21H19NO6. The number of hydrogen-bond acceptors (Lipinski definition) is 6. The van der Waals surface area contributed by atoms with Crippen LogP contribution in [0.25, 0.3) is 22.0 Å². The van der Waals surface area contributed by atoms with E-state index in [-0.39, 0.29) is 12.4 Å². The first-order valence-electron chi connectivity index (χ1n) is 8.95. The number of aryl methyl sites for hydroxylation is 1. The van der Waals surface area contributed by atoms with Gasteiger partial charge in [0.15, 0.2) is 23.0 Å². The second-order valence-corrected chi connectivity index (χ2v) is 6.71. The molecule has 144 valence electrons. The molecule has 0 unspecified atom stereocenters. The van der Waals surface area contributed by atoms with Gasteiger partial charge in [0.05, 0.1) is 32.4 Å². The van der Waals surface area contributed by atoms with Crippen LogP contribution in [0.1, 0.15) is 5.56 Å². The smallest absolute Gasteiger partial charge is 0.259 e. The SMILES string of the molecule is COc1cc2c(c(OC)c1OC)-c1cc3cc4c(cc3c(=O)n1CC2)OCO4. The molecule has 3 aromatic rings. The van der Waals surface area contributed by atoms with E-state index in [2.05, 4.69) is 0 Å². The molecule has 3 heterocycles. The van der Waals surface area contributed by atoms with Gasteiger partial charge in [-0.3, -0.25) is 4.79 Å². The fourth-order valence-corrected chi connectivity index (χ4v) is 4.09. The van der Waals surface area contributed by atoms with Crippen molar-refractivity contribution in [1.82, 2.24) is 4.57 Å². The molecule has 28 heavy (non-hydrogen) atoms. The molecule has 2 aliphatic heterocycles. The summed E-state index contributed by atoms with van der Waals surface area (Å²) < 4.78 is 29.4. The van der Waals surface area contributed by atoms with E-state index in [1.807, 2.05) is 18.2 Å². The van der Waals surface area contributed by atoms with Gasteiger partial charge in [-0.25, -0.2) is 0 Å². The number of hydrogen-bond donors (Lipinski definition) is 0. The first-order chi connectivity index (χ1) is 13.7. The second kappa shape index (κ2) is 6.09. The lowest BCUT2D eigenvalue weighted by Crippen LogP contribution is -2.26. The molecular weight excluding hydrogens is 362 g/mol. The van der Waals surface area contributed by atoms with Crippen LogP contribution >= 0.6 is 0 Å². The molecule has 0 fully saturated rings. The number of aromatic nitrogens is 1. The summed E-state index contributed by atoms with van der Waals surface area (Å²) in [4.78, 5) is 13.2. The van der Waals surface area contributed by atoms with Crippen LogP contribution < -0.4 is 29.2 Å². The van der Waals surface area contributed by atoms with Crippen LogP contribution in [0, 0.1) is 0 Å². The van der Waals surface area contributed by atoms with Crippen molar-refractivity contribution in [2.45, 2.75) is 13.0 Å². The van der Waals surface area contributed by atoms with Crippen molar-refractivity contribution in [3.8, 4) is 40.0 Å². The highest BCUT2D eigenvalue weighted by atomic mass is 16.7. The van der Waals surface area contributed by atoms with Gasteiger partial charge in [0, 0.05) is 12.1 Å².